The number of hydrogen-bond acceptors (Lipinski definition) is 3. The highest BCUT2D eigenvalue weighted by molar-refractivity contribution is 6.38. The number of nitrogens with zero attached hydrogens (tertiary/aromatic N) is 2. The van der Waals surface area contributed by atoms with Crippen molar-refractivity contribution in [1.82, 2.24) is 9.13 Å². The number of esters is 1. The van der Waals surface area contributed by atoms with Crippen LogP contribution in [-0.2, 0) is 18.2 Å². The van der Waals surface area contributed by atoms with Crippen molar-refractivity contribution in [3.63, 3.8) is 0 Å². The van der Waals surface area contributed by atoms with Gasteiger partial charge in [-0.15, -0.1) is 0 Å². The van der Waals surface area contributed by atoms with Crippen molar-refractivity contribution in [2.24, 2.45) is 7.05 Å². The zero-order valence-electron chi connectivity index (χ0n) is 15.6. The van der Waals surface area contributed by atoms with Crippen molar-refractivity contribution in [1.29, 1.82) is 0 Å². The largest absolute Gasteiger partial charge is 0.494 e. The summed E-state index contributed by atoms with van der Waals surface area (Å²) in [6.07, 6.45) is 3.74. The first kappa shape index (κ1) is 17.2. The van der Waals surface area contributed by atoms with E-state index >= 15 is 0 Å². The topological polar surface area (TPSA) is 56.4 Å². The fourth-order valence-corrected chi connectivity index (χ4v) is 4.78. The first-order chi connectivity index (χ1) is 13.5. The van der Waals surface area contributed by atoms with Crippen LogP contribution in [0.4, 0.5) is 0 Å². The zero-order chi connectivity index (χ0) is 19.6. The maximum Gasteiger partial charge on any atom is 0.337 e. The third kappa shape index (κ3) is 2.23. The molecule has 0 saturated carbocycles. The summed E-state index contributed by atoms with van der Waals surface area (Å²) in [7, 11) is 3.36. The van der Waals surface area contributed by atoms with E-state index in [2.05, 4.69) is 0 Å². The fraction of sp³-hybridized carbons (Fsp3) is 0.227. The second-order valence-corrected chi connectivity index (χ2v) is 7.68. The van der Waals surface area contributed by atoms with E-state index in [-0.39, 0.29) is 17.9 Å². The van der Waals surface area contributed by atoms with E-state index in [9.17, 15) is 9.90 Å². The van der Waals surface area contributed by atoms with Crippen LogP contribution in [0.25, 0.3) is 21.8 Å². The number of carbonyl (C=O) groups excluding carboxylic acids is 1. The summed E-state index contributed by atoms with van der Waals surface area (Å²) in [5.74, 6) is -0.150. The van der Waals surface area contributed by atoms with Gasteiger partial charge in [0.15, 0.2) is 0 Å². The van der Waals surface area contributed by atoms with E-state index in [1.165, 1.54) is 12.7 Å². The summed E-state index contributed by atoms with van der Waals surface area (Å²) in [5, 5.41) is 13.4. The molecule has 2 heterocycles. The highest BCUT2D eigenvalue weighted by atomic mass is 35.5. The normalized spacial score (nSPS) is 16.0. The van der Waals surface area contributed by atoms with Crippen molar-refractivity contribution in [2.45, 2.75) is 18.9 Å². The Balaban J connectivity index is 1.71. The van der Waals surface area contributed by atoms with Crippen LogP contribution in [0, 0.1) is 0 Å². The van der Waals surface area contributed by atoms with Crippen molar-refractivity contribution in [3.8, 4) is 5.88 Å². The molecule has 28 heavy (non-hydrogen) atoms. The molecule has 4 aromatic rings. The van der Waals surface area contributed by atoms with E-state index in [0.717, 1.165) is 40.2 Å². The van der Waals surface area contributed by atoms with Crippen molar-refractivity contribution in [3.05, 3.63) is 64.3 Å². The molecular formula is C22H19ClN2O3. The number of fused-ring (bicyclic) bond motifs is 4. The van der Waals surface area contributed by atoms with Crippen LogP contribution >= 0.6 is 11.6 Å². The Kier molecular flexibility index (Phi) is 3.71. The average Bonchev–Trinajstić information content (AvgIpc) is 3.34. The van der Waals surface area contributed by atoms with Gasteiger partial charge in [0.1, 0.15) is 0 Å². The van der Waals surface area contributed by atoms with Gasteiger partial charge in [0.05, 0.1) is 40.2 Å². The molecule has 1 aliphatic rings. The Bertz CT molecular complexity index is 1270. The minimum absolute atomic E-state index is 0.0375. The maximum atomic E-state index is 12.0. The lowest BCUT2D eigenvalue weighted by Gasteiger charge is -2.16. The summed E-state index contributed by atoms with van der Waals surface area (Å²) in [6, 6.07) is 11.4. The molecule has 0 fully saturated rings. The molecule has 0 radical (unpaired) electrons. The highest BCUT2D eigenvalue weighted by Crippen LogP contribution is 2.44. The average molecular weight is 395 g/mol. The van der Waals surface area contributed by atoms with E-state index < -0.39 is 0 Å². The molecular weight excluding hydrogens is 376 g/mol. The number of benzene rings is 2. The molecule has 0 bridgehead atoms. The van der Waals surface area contributed by atoms with Gasteiger partial charge in [0.2, 0.25) is 5.88 Å². The van der Waals surface area contributed by atoms with Crippen molar-refractivity contribution in [2.75, 3.05) is 7.11 Å². The third-order valence-electron chi connectivity index (χ3n) is 5.90. The van der Waals surface area contributed by atoms with Crippen LogP contribution in [0.5, 0.6) is 5.88 Å². The number of ether oxygens (including phenoxy) is 1. The number of hydrogen-bond donors (Lipinski definition) is 1. The smallest absolute Gasteiger partial charge is 0.337 e. The van der Waals surface area contributed by atoms with Crippen LogP contribution in [0.2, 0.25) is 5.02 Å². The lowest BCUT2D eigenvalue weighted by molar-refractivity contribution is 0.0600. The van der Waals surface area contributed by atoms with Gasteiger partial charge in [-0.3, -0.25) is 0 Å². The van der Waals surface area contributed by atoms with E-state index in [0.29, 0.717) is 10.6 Å². The number of aryl methyl sites for hydroxylation is 2. The van der Waals surface area contributed by atoms with Crippen molar-refractivity contribution >= 4 is 39.4 Å². The zero-order valence-corrected chi connectivity index (χ0v) is 16.3. The fourth-order valence-electron chi connectivity index (χ4n) is 4.52. The maximum absolute atomic E-state index is 12.0. The van der Waals surface area contributed by atoms with E-state index in [1.54, 1.807) is 6.07 Å². The van der Waals surface area contributed by atoms with E-state index in [1.807, 2.05) is 52.7 Å². The molecule has 5 nitrogen and oxygen atoms in total. The van der Waals surface area contributed by atoms with Gasteiger partial charge in [-0.25, -0.2) is 4.79 Å². The monoisotopic (exact) mass is 394 g/mol. The van der Waals surface area contributed by atoms with Gasteiger partial charge in [0.25, 0.3) is 0 Å². The van der Waals surface area contributed by atoms with Crippen molar-refractivity contribution < 1.29 is 14.6 Å². The minimum atomic E-state index is -0.354. The SMILES string of the molecule is COC(=O)c1ccc2c(c1)C(n1cc3c(c1O)c1c(Cl)cccc1n3C)CC2. The predicted octanol–water partition coefficient (Wildman–Crippen LogP) is 4.81. The molecule has 0 saturated heterocycles. The van der Waals surface area contributed by atoms with Crippen LogP contribution in [0.1, 0.15) is 33.9 Å². The molecule has 1 unspecified atom stereocenters. The Labute approximate surface area is 166 Å². The molecule has 0 spiro atoms. The number of aromatic nitrogens is 2. The first-order valence-corrected chi connectivity index (χ1v) is 9.56. The number of halogens is 1. The lowest BCUT2D eigenvalue weighted by atomic mass is 10.0. The Hall–Kier alpha value is -2.92. The molecule has 142 valence electrons. The molecule has 6 heteroatoms. The summed E-state index contributed by atoms with van der Waals surface area (Å²) in [4.78, 5) is 12.0. The van der Waals surface area contributed by atoms with Crippen LogP contribution in [-0.4, -0.2) is 27.3 Å². The molecule has 5 rings (SSSR count). The van der Waals surface area contributed by atoms with Gasteiger partial charge in [0, 0.05) is 18.6 Å². The number of rotatable bonds is 2. The number of carbonyl (C=O) groups is 1. The van der Waals surface area contributed by atoms with Gasteiger partial charge in [-0.1, -0.05) is 23.7 Å². The van der Waals surface area contributed by atoms with Crippen LogP contribution < -0.4 is 0 Å². The molecule has 2 aromatic carbocycles. The van der Waals surface area contributed by atoms with Gasteiger partial charge < -0.3 is 19.0 Å². The number of aromatic hydroxyl groups is 1. The summed E-state index contributed by atoms with van der Waals surface area (Å²) in [6.45, 7) is 0. The Morgan fingerprint density at radius 3 is 2.82 bits per heavy atom. The summed E-state index contributed by atoms with van der Waals surface area (Å²) in [5.41, 5.74) is 4.68. The van der Waals surface area contributed by atoms with Crippen LogP contribution in [0.15, 0.2) is 42.6 Å². The molecule has 1 N–H and O–H groups in total. The predicted molar refractivity (Wildman–Crippen MR) is 109 cm³/mol. The van der Waals surface area contributed by atoms with Gasteiger partial charge >= 0.3 is 5.97 Å². The molecule has 1 aliphatic carbocycles. The quantitative estimate of drug-likeness (QED) is 0.496. The lowest BCUT2D eigenvalue weighted by Crippen LogP contribution is -2.08. The second kappa shape index (κ2) is 6.04. The molecule has 0 aliphatic heterocycles. The molecule has 0 amide bonds. The van der Waals surface area contributed by atoms with Gasteiger partial charge in [-0.2, -0.15) is 0 Å². The number of methoxy groups -OCH3 is 1. The summed E-state index contributed by atoms with van der Waals surface area (Å²) < 4.78 is 8.81. The Morgan fingerprint density at radius 2 is 2.04 bits per heavy atom. The molecule has 1 atom stereocenters. The third-order valence-corrected chi connectivity index (χ3v) is 6.21. The minimum Gasteiger partial charge on any atom is -0.494 e. The highest BCUT2D eigenvalue weighted by Gasteiger charge is 2.29. The van der Waals surface area contributed by atoms with Crippen LogP contribution in [0.3, 0.4) is 0 Å². The summed E-state index contributed by atoms with van der Waals surface area (Å²) >= 11 is 6.46. The Morgan fingerprint density at radius 1 is 1.21 bits per heavy atom. The van der Waals surface area contributed by atoms with Gasteiger partial charge in [-0.05, 0) is 48.2 Å². The molecule has 2 aromatic heterocycles. The first-order valence-electron chi connectivity index (χ1n) is 9.18. The second-order valence-electron chi connectivity index (χ2n) is 7.27. The van der Waals surface area contributed by atoms with E-state index in [4.69, 9.17) is 16.3 Å². The standard InChI is InChI=1S/C22H19ClN2O3/c1-24-17-5-3-4-15(23)19(17)20-18(24)11-25(21(20)26)16-9-8-12-6-7-13(10-14(12)16)22(27)28-2/h3-7,10-11,16,26H,8-9H2,1-2H3.